The maximum Gasteiger partial charge on any atom is 0.289 e. The second kappa shape index (κ2) is 3.42. The second-order valence-electron chi connectivity index (χ2n) is 2.95. The number of carbonyl (C=O) groups is 1. The lowest BCUT2D eigenvalue weighted by atomic mass is 9.90. The van der Waals surface area contributed by atoms with Gasteiger partial charge in [-0.2, -0.15) is 0 Å². The van der Waals surface area contributed by atoms with E-state index in [4.69, 9.17) is 0 Å². The third-order valence-corrected chi connectivity index (χ3v) is 2.08. The number of nitroso groups, excluding NO2 is 1. The minimum absolute atomic E-state index is 0.142. The van der Waals surface area contributed by atoms with Crippen LogP contribution in [0.2, 0.25) is 0 Å². The summed E-state index contributed by atoms with van der Waals surface area (Å²) in [6.07, 6.45) is 4.41. The topological polar surface area (TPSA) is 46.5 Å². The van der Waals surface area contributed by atoms with Crippen molar-refractivity contribution < 1.29 is 4.79 Å². The Kier molecular flexibility index (Phi) is 2.52. The average molecular weight is 153 g/mol. The van der Waals surface area contributed by atoms with Gasteiger partial charge in [-0.3, -0.25) is 4.79 Å². The number of amides is 1. The van der Waals surface area contributed by atoms with E-state index in [2.05, 4.69) is 5.18 Å². The molecule has 0 radical (unpaired) electrons. The van der Waals surface area contributed by atoms with E-state index in [-0.39, 0.29) is 5.92 Å². The van der Waals surface area contributed by atoms with Crippen LogP contribution >= 0.6 is 0 Å². The minimum atomic E-state index is -0.492. The van der Waals surface area contributed by atoms with Crippen molar-refractivity contribution >= 4 is 5.91 Å². The first kappa shape index (κ1) is 8.11. The fourth-order valence-corrected chi connectivity index (χ4v) is 1.26. The number of rotatable bonds is 1. The highest BCUT2D eigenvalue weighted by Gasteiger charge is 2.20. The average Bonchev–Trinajstić information content (AvgIpc) is 2.05. The molecule has 0 aromatic heterocycles. The molecule has 0 aromatic rings. The molecule has 0 fully saturated rings. The Bertz CT molecular complexity index is 208. The van der Waals surface area contributed by atoms with Crippen LogP contribution in [0.1, 0.15) is 26.2 Å². The van der Waals surface area contributed by atoms with Crippen LogP contribution in [0, 0.1) is 10.8 Å². The van der Waals surface area contributed by atoms with Gasteiger partial charge in [-0.15, -0.1) is 4.91 Å². The Morgan fingerprint density at radius 2 is 2.45 bits per heavy atom. The molecule has 1 atom stereocenters. The molecule has 3 heteroatoms. The molecule has 1 unspecified atom stereocenters. The van der Waals surface area contributed by atoms with Gasteiger partial charge in [0, 0.05) is 11.1 Å². The first-order valence-electron chi connectivity index (χ1n) is 3.77. The summed E-state index contributed by atoms with van der Waals surface area (Å²) in [5.74, 6) is -0.634. The summed E-state index contributed by atoms with van der Waals surface area (Å²) in [4.78, 5) is 20.6. The van der Waals surface area contributed by atoms with E-state index in [0.29, 0.717) is 6.42 Å². The first-order valence-corrected chi connectivity index (χ1v) is 3.77. The number of hydrogen-bond donors (Lipinski definition) is 0. The lowest BCUT2D eigenvalue weighted by Crippen LogP contribution is -2.13. The number of carbonyl (C=O) groups excluding carboxylic acids is 1. The zero-order chi connectivity index (χ0) is 8.27. The van der Waals surface area contributed by atoms with Crippen molar-refractivity contribution in [1.82, 2.24) is 0 Å². The van der Waals surface area contributed by atoms with E-state index in [1.165, 1.54) is 5.57 Å². The molecule has 60 valence electrons. The number of hydrogen-bond acceptors (Lipinski definition) is 2. The van der Waals surface area contributed by atoms with E-state index in [1.807, 2.05) is 13.0 Å². The molecule has 0 saturated carbocycles. The third-order valence-electron chi connectivity index (χ3n) is 2.08. The zero-order valence-electron chi connectivity index (χ0n) is 6.54. The van der Waals surface area contributed by atoms with Gasteiger partial charge in [0.2, 0.25) is 0 Å². The molecule has 11 heavy (non-hydrogen) atoms. The SMILES string of the molecule is CC1=CCC(C(=O)N=O)CC1. The highest BCUT2D eigenvalue weighted by molar-refractivity contribution is 5.79. The Morgan fingerprint density at radius 1 is 1.73 bits per heavy atom. The molecule has 1 amide bonds. The largest absolute Gasteiger partial charge is 0.289 e. The van der Waals surface area contributed by atoms with E-state index in [0.717, 1.165) is 12.8 Å². The molecule has 3 nitrogen and oxygen atoms in total. The van der Waals surface area contributed by atoms with Crippen molar-refractivity contribution in [2.45, 2.75) is 26.2 Å². The van der Waals surface area contributed by atoms with Crippen molar-refractivity contribution in [2.24, 2.45) is 11.1 Å². The predicted octanol–water partition coefficient (Wildman–Crippen LogP) is 2.03. The molecule has 0 N–H and O–H groups in total. The van der Waals surface area contributed by atoms with Gasteiger partial charge in [-0.1, -0.05) is 11.6 Å². The zero-order valence-corrected chi connectivity index (χ0v) is 6.54. The molecule has 1 aliphatic rings. The maximum absolute atomic E-state index is 10.8. The number of allylic oxidation sites excluding steroid dienone is 2. The van der Waals surface area contributed by atoms with Crippen molar-refractivity contribution in [2.75, 3.05) is 0 Å². The maximum atomic E-state index is 10.8. The van der Waals surface area contributed by atoms with Crippen molar-refractivity contribution in [3.8, 4) is 0 Å². The molecular weight excluding hydrogens is 142 g/mol. The van der Waals surface area contributed by atoms with Gasteiger partial charge < -0.3 is 0 Å². The summed E-state index contributed by atoms with van der Waals surface area (Å²) in [6, 6.07) is 0. The number of nitrogens with zero attached hydrogens (tertiary/aromatic N) is 1. The van der Waals surface area contributed by atoms with Gasteiger partial charge in [-0.25, -0.2) is 0 Å². The summed E-state index contributed by atoms with van der Waals surface area (Å²) < 4.78 is 0. The summed E-state index contributed by atoms with van der Waals surface area (Å²) in [7, 11) is 0. The molecule has 0 saturated heterocycles. The van der Waals surface area contributed by atoms with Crippen LogP contribution in [0.3, 0.4) is 0 Å². The molecule has 1 rings (SSSR count). The quantitative estimate of drug-likeness (QED) is 0.427. The first-order chi connectivity index (χ1) is 5.24. The van der Waals surface area contributed by atoms with Crippen molar-refractivity contribution in [1.29, 1.82) is 0 Å². The van der Waals surface area contributed by atoms with Crippen molar-refractivity contribution in [3.63, 3.8) is 0 Å². The van der Waals surface area contributed by atoms with Crippen molar-refractivity contribution in [3.05, 3.63) is 16.6 Å². The molecule has 0 spiro atoms. The highest BCUT2D eigenvalue weighted by atomic mass is 16.3. The van der Waals surface area contributed by atoms with E-state index in [1.54, 1.807) is 0 Å². The van der Waals surface area contributed by atoms with Crippen LogP contribution in [0.4, 0.5) is 0 Å². The highest BCUT2D eigenvalue weighted by Crippen LogP contribution is 2.23. The Labute approximate surface area is 65.5 Å². The van der Waals surface area contributed by atoms with E-state index in [9.17, 15) is 9.70 Å². The van der Waals surface area contributed by atoms with E-state index >= 15 is 0 Å². The summed E-state index contributed by atoms with van der Waals surface area (Å²) in [5, 5.41) is 2.42. The summed E-state index contributed by atoms with van der Waals surface area (Å²) in [5.41, 5.74) is 1.31. The van der Waals surface area contributed by atoms with Gasteiger partial charge in [0.25, 0.3) is 5.91 Å². The van der Waals surface area contributed by atoms with Crippen LogP contribution in [-0.2, 0) is 4.79 Å². The summed E-state index contributed by atoms with van der Waals surface area (Å²) in [6.45, 7) is 2.04. The molecule has 1 aliphatic carbocycles. The monoisotopic (exact) mass is 153 g/mol. The van der Waals surface area contributed by atoms with E-state index < -0.39 is 5.91 Å². The van der Waals surface area contributed by atoms with Gasteiger partial charge in [0.15, 0.2) is 0 Å². The Balaban J connectivity index is 2.53. The predicted molar refractivity (Wildman–Crippen MR) is 41.9 cm³/mol. The Hall–Kier alpha value is -0.990. The van der Waals surface area contributed by atoms with Crippen LogP contribution in [0.5, 0.6) is 0 Å². The third kappa shape index (κ3) is 1.97. The Morgan fingerprint density at radius 3 is 2.91 bits per heavy atom. The standard InChI is InChI=1S/C8H11NO2/c1-6-2-4-7(5-3-6)8(10)9-11/h2,7H,3-5H2,1H3. The fraction of sp³-hybridized carbons (Fsp3) is 0.625. The van der Waals surface area contributed by atoms with Gasteiger partial charge >= 0.3 is 0 Å². The summed E-state index contributed by atoms with van der Waals surface area (Å²) >= 11 is 0. The van der Waals surface area contributed by atoms with Crippen LogP contribution in [0.15, 0.2) is 16.8 Å². The van der Waals surface area contributed by atoms with Crippen LogP contribution in [0.25, 0.3) is 0 Å². The smallest absolute Gasteiger partial charge is 0.269 e. The lowest BCUT2D eigenvalue weighted by Gasteiger charge is -2.15. The van der Waals surface area contributed by atoms with Gasteiger partial charge in [-0.05, 0) is 26.2 Å². The normalized spacial score (nSPS) is 24.1. The minimum Gasteiger partial charge on any atom is -0.269 e. The molecule has 0 aromatic carbocycles. The molecule has 0 bridgehead atoms. The second-order valence-corrected chi connectivity index (χ2v) is 2.95. The molecule has 0 heterocycles. The molecule has 0 aliphatic heterocycles. The fourth-order valence-electron chi connectivity index (χ4n) is 1.26. The van der Waals surface area contributed by atoms with Crippen LogP contribution in [-0.4, -0.2) is 5.91 Å². The van der Waals surface area contributed by atoms with Gasteiger partial charge in [0.1, 0.15) is 0 Å². The van der Waals surface area contributed by atoms with Gasteiger partial charge in [0.05, 0.1) is 0 Å². The molecular formula is C8H11NO2. The van der Waals surface area contributed by atoms with Crippen LogP contribution < -0.4 is 0 Å². The lowest BCUT2D eigenvalue weighted by molar-refractivity contribution is -0.121.